The van der Waals surface area contributed by atoms with E-state index in [-0.39, 0.29) is 23.4 Å². The zero-order valence-corrected chi connectivity index (χ0v) is 18.2. The van der Waals surface area contributed by atoms with Gasteiger partial charge < -0.3 is 5.32 Å². The average molecular weight is 429 g/mol. The first-order valence-electron chi connectivity index (χ1n) is 9.26. The fourth-order valence-corrected chi connectivity index (χ4v) is 4.84. The summed E-state index contributed by atoms with van der Waals surface area (Å²) >= 11 is 1.48. The highest BCUT2D eigenvalue weighted by Crippen LogP contribution is 2.20. The minimum Gasteiger partial charge on any atom is -0.346 e. The molecule has 3 aromatic rings. The topological polar surface area (TPSA) is 75.3 Å². The molecule has 2 N–H and O–H groups in total. The van der Waals surface area contributed by atoms with Gasteiger partial charge in [0, 0.05) is 17.0 Å². The van der Waals surface area contributed by atoms with E-state index < -0.39 is 10.0 Å². The molecular formula is C22H24N2O3S2. The summed E-state index contributed by atoms with van der Waals surface area (Å²) in [5, 5.41) is 4.86. The first kappa shape index (κ1) is 21.2. The smallest absolute Gasteiger partial charge is 0.251 e. The Morgan fingerprint density at radius 3 is 2.59 bits per heavy atom. The number of carbonyl (C=O) groups excluding carboxylic acids is 1. The number of hydrogen-bond acceptors (Lipinski definition) is 4. The maximum atomic E-state index is 12.7. The number of hydrogen-bond donors (Lipinski definition) is 2. The third kappa shape index (κ3) is 5.32. The van der Waals surface area contributed by atoms with Crippen molar-refractivity contribution < 1.29 is 13.2 Å². The van der Waals surface area contributed by atoms with Gasteiger partial charge in [0.2, 0.25) is 10.0 Å². The van der Waals surface area contributed by atoms with Crippen LogP contribution in [0, 0.1) is 13.8 Å². The SMILES string of the molecule is Cc1ccc(C)c(C(C)NC(=O)c2cccc(S(=O)(=O)NCc3cccs3)c2)c1. The minimum absolute atomic E-state index is 0.0705. The van der Waals surface area contributed by atoms with Crippen LogP contribution in [0.15, 0.2) is 64.9 Å². The number of amides is 1. The molecule has 0 spiro atoms. The molecule has 2 aromatic carbocycles. The van der Waals surface area contributed by atoms with Crippen LogP contribution >= 0.6 is 11.3 Å². The van der Waals surface area contributed by atoms with Crippen LogP contribution in [-0.2, 0) is 16.6 Å². The normalized spacial score (nSPS) is 12.5. The summed E-state index contributed by atoms with van der Waals surface area (Å²) in [6, 6.07) is 15.7. The molecule has 0 saturated carbocycles. The number of aryl methyl sites for hydroxylation is 2. The van der Waals surface area contributed by atoms with E-state index in [4.69, 9.17) is 0 Å². The molecule has 7 heteroatoms. The molecule has 5 nitrogen and oxygen atoms in total. The van der Waals surface area contributed by atoms with Crippen molar-refractivity contribution >= 4 is 27.3 Å². The quantitative estimate of drug-likeness (QED) is 0.588. The molecule has 1 heterocycles. The number of nitrogens with one attached hydrogen (secondary N) is 2. The van der Waals surface area contributed by atoms with Crippen molar-refractivity contribution in [2.24, 2.45) is 0 Å². The summed E-state index contributed by atoms with van der Waals surface area (Å²) in [6.45, 7) is 6.15. The molecule has 152 valence electrons. The Bertz CT molecular complexity index is 1110. The third-order valence-corrected chi connectivity index (χ3v) is 6.95. The number of benzene rings is 2. The molecule has 1 amide bonds. The van der Waals surface area contributed by atoms with Crippen LogP contribution in [0.25, 0.3) is 0 Å². The maximum Gasteiger partial charge on any atom is 0.251 e. The fraction of sp³-hybridized carbons (Fsp3) is 0.227. The first-order chi connectivity index (χ1) is 13.8. The third-order valence-electron chi connectivity index (χ3n) is 4.67. The van der Waals surface area contributed by atoms with Crippen molar-refractivity contribution in [2.75, 3.05) is 0 Å². The molecule has 1 aromatic heterocycles. The largest absolute Gasteiger partial charge is 0.346 e. The van der Waals surface area contributed by atoms with Gasteiger partial charge >= 0.3 is 0 Å². The van der Waals surface area contributed by atoms with Crippen LogP contribution in [0.1, 0.15) is 44.9 Å². The Hall–Kier alpha value is -2.48. The molecule has 29 heavy (non-hydrogen) atoms. The van der Waals surface area contributed by atoms with Crippen molar-refractivity contribution in [1.82, 2.24) is 10.0 Å². The fourth-order valence-electron chi connectivity index (χ4n) is 3.05. The Kier molecular flexibility index (Phi) is 6.52. The van der Waals surface area contributed by atoms with E-state index in [1.54, 1.807) is 12.1 Å². The summed E-state index contributed by atoms with van der Waals surface area (Å²) < 4.78 is 27.8. The highest BCUT2D eigenvalue weighted by Gasteiger charge is 2.18. The Morgan fingerprint density at radius 2 is 1.86 bits per heavy atom. The van der Waals surface area contributed by atoms with E-state index in [9.17, 15) is 13.2 Å². The number of thiophene rings is 1. The lowest BCUT2D eigenvalue weighted by Crippen LogP contribution is -2.28. The van der Waals surface area contributed by atoms with E-state index in [0.29, 0.717) is 5.56 Å². The van der Waals surface area contributed by atoms with E-state index in [1.165, 1.54) is 23.5 Å². The number of carbonyl (C=O) groups is 1. The van der Waals surface area contributed by atoms with E-state index in [2.05, 4.69) is 16.1 Å². The Morgan fingerprint density at radius 1 is 1.07 bits per heavy atom. The second kappa shape index (κ2) is 8.90. The van der Waals surface area contributed by atoms with Gasteiger partial charge in [0.05, 0.1) is 10.9 Å². The van der Waals surface area contributed by atoms with Crippen molar-refractivity contribution in [3.8, 4) is 0 Å². The molecule has 3 rings (SSSR count). The highest BCUT2D eigenvalue weighted by atomic mass is 32.2. The molecular weight excluding hydrogens is 404 g/mol. The molecule has 1 atom stereocenters. The second-order valence-electron chi connectivity index (χ2n) is 6.99. The van der Waals surface area contributed by atoms with Crippen LogP contribution in [0.5, 0.6) is 0 Å². The second-order valence-corrected chi connectivity index (χ2v) is 9.79. The van der Waals surface area contributed by atoms with Gasteiger partial charge in [-0.1, -0.05) is 35.9 Å². The lowest BCUT2D eigenvalue weighted by atomic mass is 10.00. The van der Waals surface area contributed by atoms with Gasteiger partial charge in [-0.3, -0.25) is 4.79 Å². The average Bonchev–Trinajstić information content (AvgIpc) is 3.22. The van der Waals surface area contributed by atoms with E-state index in [0.717, 1.165) is 21.6 Å². The minimum atomic E-state index is -3.71. The predicted molar refractivity (Wildman–Crippen MR) is 117 cm³/mol. The molecule has 0 aliphatic carbocycles. The zero-order valence-electron chi connectivity index (χ0n) is 16.6. The summed E-state index contributed by atoms with van der Waals surface area (Å²) in [7, 11) is -3.71. The van der Waals surface area contributed by atoms with Gasteiger partial charge in [-0.25, -0.2) is 13.1 Å². The van der Waals surface area contributed by atoms with Crippen molar-refractivity contribution in [2.45, 2.75) is 38.3 Å². The van der Waals surface area contributed by atoms with Crippen LogP contribution < -0.4 is 10.0 Å². The number of sulfonamides is 1. The van der Waals surface area contributed by atoms with Gasteiger partial charge in [-0.2, -0.15) is 0 Å². The van der Waals surface area contributed by atoms with Gasteiger partial charge in [0.1, 0.15) is 0 Å². The van der Waals surface area contributed by atoms with Crippen LogP contribution in [-0.4, -0.2) is 14.3 Å². The van der Waals surface area contributed by atoms with Crippen molar-refractivity contribution in [3.63, 3.8) is 0 Å². The van der Waals surface area contributed by atoms with Crippen LogP contribution in [0.2, 0.25) is 0 Å². The molecule has 0 bridgehead atoms. The van der Waals surface area contributed by atoms with Gasteiger partial charge in [-0.15, -0.1) is 11.3 Å². The molecule has 0 aliphatic heterocycles. The van der Waals surface area contributed by atoms with Gasteiger partial charge in [0.15, 0.2) is 0 Å². The molecule has 0 fully saturated rings. The monoisotopic (exact) mass is 428 g/mol. The van der Waals surface area contributed by atoms with Gasteiger partial charge in [-0.05, 0) is 61.5 Å². The maximum absolute atomic E-state index is 12.7. The van der Waals surface area contributed by atoms with Crippen molar-refractivity contribution in [3.05, 3.63) is 87.1 Å². The van der Waals surface area contributed by atoms with Crippen LogP contribution in [0.4, 0.5) is 0 Å². The number of rotatable bonds is 7. The molecule has 0 radical (unpaired) electrons. The lowest BCUT2D eigenvalue weighted by Gasteiger charge is -2.17. The Labute approximate surface area is 175 Å². The van der Waals surface area contributed by atoms with Gasteiger partial charge in [0.25, 0.3) is 5.91 Å². The molecule has 0 aliphatic rings. The molecule has 0 saturated heterocycles. The highest BCUT2D eigenvalue weighted by molar-refractivity contribution is 7.89. The van der Waals surface area contributed by atoms with Crippen molar-refractivity contribution in [1.29, 1.82) is 0 Å². The van der Waals surface area contributed by atoms with Crippen LogP contribution in [0.3, 0.4) is 0 Å². The molecule has 1 unspecified atom stereocenters. The summed E-state index contributed by atoms with van der Waals surface area (Å²) in [6.07, 6.45) is 0. The lowest BCUT2D eigenvalue weighted by molar-refractivity contribution is 0.0939. The zero-order chi connectivity index (χ0) is 21.0. The van der Waals surface area contributed by atoms with E-state index in [1.807, 2.05) is 50.4 Å². The summed E-state index contributed by atoms with van der Waals surface area (Å²) in [5.41, 5.74) is 3.56. The summed E-state index contributed by atoms with van der Waals surface area (Å²) in [4.78, 5) is 13.7. The first-order valence-corrected chi connectivity index (χ1v) is 11.6. The van der Waals surface area contributed by atoms with E-state index >= 15 is 0 Å². The Balaban J connectivity index is 1.74. The standard InChI is InChI=1S/C22H24N2O3S2/c1-15-9-10-16(2)21(12-15)17(3)24-22(25)18-6-4-8-20(13-18)29(26,27)23-14-19-7-5-11-28-19/h4-13,17,23H,14H2,1-3H3,(H,24,25). The predicted octanol–water partition coefficient (Wildman–Crippen LogP) is 4.33. The summed E-state index contributed by atoms with van der Waals surface area (Å²) in [5.74, 6) is -0.311.